The minimum Gasteiger partial charge on any atom is -0.462 e. The van der Waals surface area contributed by atoms with Crippen LogP contribution in [0, 0.1) is 6.92 Å². The highest BCUT2D eigenvalue weighted by Crippen LogP contribution is 2.38. The number of esters is 1. The van der Waals surface area contributed by atoms with Crippen molar-refractivity contribution in [1.29, 1.82) is 0 Å². The Morgan fingerprint density at radius 2 is 2.07 bits per heavy atom. The molecule has 1 amide bonds. The van der Waals surface area contributed by atoms with Crippen LogP contribution in [0.2, 0.25) is 0 Å². The Labute approximate surface area is 169 Å². The van der Waals surface area contributed by atoms with Crippen molar-refractivity contribution in [3.63, 3.8) is 0 Å². The largest absolute Gasteiger partial charge is 0.462 e. The van der Waals surface area contributed by atoms with Gasteiger partial charge in [0.05, 0.1) is 17.9 Å². The smallest absolute Gasteiger partial charge is 0.341 e. The number of anilines is 1. The number of aromatic nitrogens is 3. The van der Waals surface area contributed by atoms with Crippen LogP contribution in [0.5, 0.6) is 0 Å². The Morgan fingerprint density at radius 1 is 1.32 bits per heavy atom. The second kappa shape index (κ2) is 8.74. The topological polar surface area (TPSA) is 129 Å². The molecule has 0 bridgehead atoms. The number of thioether (sulfide) groups is 1. The first-order valence-electron chi connectivity index (χ1n) is 8.88. The average molecular weight is 424 g/mol. The molecule has 0 radical (unpaired) electrons. The van der Waals surface area contributed by atoms with Crippen LogP contribution in [0.4, 0.5) is 5.00 Å². The molecular formula is C17H21N5O4S2. The number of rotatable bonds is 6. The highest BCUT2D eigenvalue weighted by atomic mass is 32.2. The number of amides is 1. The molecule has 2 heterocycles. The normalized spacial score (nSPS) is 13.1. The summed E-state index contributed by atoms with van der Waals surface area (Å²) in [6.45, 7) is 3.53. The van der Waals surface area contributed by atoms with Crippen molar-refractivity contribution in [2.45, 2.75) is 44.7 Å². The van der Waals surface area contributed by atoms with Crippen molar-refractivity contribution in [2.75, 3.05) is 23.5 Å². The molecule has 0 saturated carbocycles. The number of carbonyl (C=O) groups is 2. The van der Waals surface area contributed by atoms with Gasteiger partial charge in [0.25, 0.3) is 5.56 Å². The molecule has 11 heteroatoms. The molecule has 28 heavy (non-hydrogen) atoms. The van der Waals surface area contributed by atoms with Gasteiger partial charge in [0.1, 0.15) is 10.7 Å². The van der Waals surface area contributed by atoms with Gasteiger partial charge in [-0.1, -0.05) is 11.8 Å². The molecule has 0 spiro atoms. The van der Waals surface area contributed by atoms with Crippen molar-refractivity contribution in [3.8, 4) is 0 Å². The van der Waals surface area contributed by atoms with E-state index in [-0.39, 0.29) is 29.1 Å². The van der Waals surface area contributed by atoms with Crippen LogP contribution in [0.1, 0.15) is 46.3 Å². The summed E-state index contributed by atoms with van der Waals surface area (Å²) < 4.78 is 6.05. The molecule has 1 aliphatic carbocycles. The van der Waals surface area contributed by atoms with Crippen LogP contribution in [0.15, 0.2) is 9.95 Å². The van der Waals surface area contributed by atoms with Crippen LogP contribution >= 0.6 is 23.1 Å². The third-order valence-corrected chi connectivity index (χ3v) is 6.41. The lowest BCUT2D eigenvalue weighted by atomic mass is 9.95. The third-order valence-electron chi connectivity index (χ3n) is 4.26. The minimum atomic E-state index is -0.464. The fourth-order valence-electron chi connectivity index (χ4n) is 2.93. The maximum atomic E-state index is 12.4. The van der Waals surface area contributed by atoms with Crippen molar-refractivity contribution in [1.82, 2.24) is 14.9 Å². The molecule has 3 N–H and O–H groups in total. The summed E-state index contributed by atoms with van der Waals surface area (Å²) in [5.74, 6) is 4.91. The van der Waals surface area contributed by atoms with E-state index in [0.29, 0.717) is 10.6 Å². The van der Waals surface area contributed by atoms with E-state index in [2.05, 4.69) is 15.5 Å². The maximum absolute atomic E-state index is 12.4. The monoisotopic (exact) mass is 423 g/mol. The van der Waals surface area contributed by atoms with E-state index in [1.807, 2.05) is 0 Å². The van der Waals surface area contributed by atoms with Crippen molar-refractivity contribution in [3.05, 3.63) is 32.1 Å². The van der Waals surface area contributed by atoms with Gasteiger partial charge >= 0.3 is 5.97 Å². The highest BCUT2D eigenvalue weighted by molar-refractivity contribution is 7.99. The number of carbonyl (C=O) groups excluding carboxylic acids is 2. The van der Waals surface area contributed by atoms with Gasteiger partial charge < -0.3 is 15.9 Å². The summed E-state index contributed by atoms with van der Waals surface area (Å²) in [7, 11) is 0. The second-order valence-corrected chi connectivity index (χ2v) is 8.26. The first-order chi connectivity index (χ1) is 13.4. The number of nitrogen functional groups attached to an aromatic ring is 1. The van der Waals surface area contributed by atoms with Gasteiger partial charge in [0, 0.05) is 4.88 Å². The summed E-state index contributed by atoms with van der Waals surface area (Å²) >= 11 is 2.42. The van der Waals surface area contributed by atoms with Gasteiger partial charge in [-0.25, -0.2) is 4.79 Å². The molecule has 1 aliphatic rings. The van der Waals surface area contributed by atoms with Crippen LogP contribution in [-0.4, -0.2) is 39.1 Å². The van der Waals surface area contributed by atoms with Gasteiger partial charge in [-0.3, -0.25) is 9.59 Å². The molecule has 0 unspecified atom stereocenters. The van der Waals surface area contributed by atoms with Gasteiger partial charge in [-0.15, -0.1) is 21.5 Å². The Morgan fingerprint density at radius 3 is 2.82 bits per heavy atom. The number of ether oxygens (including phenoxy) is 1. The SMILES string of the molecule is CCOC(=O)c1c(NC(=O)CSc2nnc(C)c(=O)n2N)sc2c1CCCC2. The maximum Gasteiger partial charge on any atom is 0.341 e. The molecule has 150 valence electrons. The summed E-state index contributed by atoms with van der Waals surface area (Å²) in [5.41, 5.74) is 1.16. The Bertz CT molecular complexity index is 969. The Hall–Kier alpha value is -2.40. The number of hydrogen-bond acceptors (Lipinski definition) is 9. The zero-order valence-corrected chi connectivity index (χ0v) is 17.2. The van der Waals surface area contributed by atoms with Gasteiger partial charge in [0.2, 0.25) is 11.1 Å². The second-order valence-electron chi connectivity index (χ2n) is 6.22. The molecule has 0 fully saturated rings. The fourth-order valence-corrected chi connectivity index (χ4v) is 4.88. The average Bonchev–Trinajstić information content (AvgIpc) is 3.03. The highest BCUT2D eigenvalue weighted by Gasteiger charge is 2.27. The van der Waals surface area contributed by atoms with E-state index in [1.54, 1.807) is 6.92 Å². The van der Waals surface area contributed by atoms with E-state index >= 15 is 0 Å². The first-order valence-corrected chi connectivity index (χ1v) is 10.7. The van der Waals surface area contributed by atoms with E-state index in [1.165, 1.54) is 18.3 Å². The Kier molecular flexibility index (Phi) is 6.35. The summed E-state index contributed by atoms with van der Waals surface area (Å²) in [6, 6.07) is 0. The third kappa shape index (κ3) is 4.20. The zero-order chi connectivity index (χ0) is 20.3. The fraction of sp³-hybridized carbons (Fsp3) is 0.471. The van der Waals surface area contributed by atoms with Crippen LogP contribution in [0.3, 0.4) is 0 Å². The summed E-state index contributed by atoms with van der Waals surface area (Å²) in [5, 5.41) is 11.0. The molecule has 2 aromatic rings. The molecule has 3 rings (SSSR count). The van der Waals surface area contributed by atoms with E-state index in [9.17, 15) is 14.4 Å². The molecular weight excluding hydrogens is 402 g/mol. The molecule has 0 aromatic carbocycles. The number of aryl methyl sites for hydroxylation is 2. The molecule has 0 saturated heterocycles. The van der Waals surface area contributed by atoms with Gasteiger partial charge in [-0.2, -0.15) is 4.68 Å². The number of thiophene rings is 1. The lowest BCUT2D eigenvalue weighted by Crippen LogP contribution is -2.32. The molecule has 2 aromatic heterocycles. The molecule has 0 aliphatic heterocycles. The minimum absolute atomic E-state index is 0.0286. The summed E-state index contributed by atoms with van der Waals surface area (Å²) in [4.78, 5) is 37.8. The van der Waals surface area contributed by atoms with Crippen LogP contribution in [-0.2, 0) is 22.4 Å². The van der Waals surface area contributed by atoms with E-state index in [0.717, 1.165) is 52.6 Å². The van der Waals surface area contributed by atoms with E-state index in [4.69, 9.17) is 10.6 Å². The number of hydrogen-bond donors (Lipinski definition) is 2. The molecule has 9 nitrogen and oxygen atoms in total. The predicted octanol–water partition coefficient (Wildman–Crippen LogP) is 1.51. The van der Waals surface area contributed by atoms with E-state index < -0.39 is 11.5 Å². The standard InChI is InChI=1S/C17H21N5O4S2/c1-3-26-16(25)13-10-6-4-5-7-11(10)28-14(13)19-12(23)8-27-17-21-20-9(2)15(24)22(17)18/h3-8,18H2,1-2H3,(H,19,23). The number of nitrogens with two attached hydrogens (primary N) is 1. The van der Waals surface area contributed by atoms with Gasteiger partial charge in [-0.05, 0) is 45.1 Å². The van der Waals surface area contributed by atoms with Crippen molar-refractivity contribution >= 4 is 40.0 Å². The quantitative estimate of drug-likeness (QED) is 0.406. The number of nitrogens with zero attached hydrogens (tertiary/aromatic N) is 3. The molecule has 0 atom stereocenters. The summed E-state index contributed by atoms with van der Waals surface area (Å²) in [6.07, 6.45) is 3.79. The lowest BCUT2D eigenvalue weighted by Gasteiger charge is -2.12. The van der Waals surface area contributed by atoms with Gasteiger partial charge in [0.15, 0.2) is 0 Å². The van der Waals surface area contributed by atoms with Crippen LogP contribution < -0.4 is 16.7 Å². The Balaban J connectivity index is 1.75. The van der Waals surface area contributed by atoms with Crippen LogP contribution in [0.25, 0.3) is 0 Å². The van der Waals surface area contributed by atoms with Crippen molar-refractivity contribution < 1.29 is 14.3 Å². The number of nitrogens with one attached hydrogen (secondary N) is 1. The number of fused-ring (bicyclic) bond motifs is 1. The lowest BCUT2D eigenvalue weighted by molar-refractivity contribution is -0.113. The van der Waals surface area contributed by atoms with Crippen molar-refractivity contribution in [2.24, 2.45) is 0 Å². The first kappa shape index (κ1) is 20.3. The predicted molar refractivity (Wildman–Crippen MR) is 107 cm³/mol. The zero-order valence-electron chi connectivity index (χ0n) is 15.6.